The highest BCUT2D eigenvalue weighted by molar-refractivity contribution is 7.07. The molecule has 1 aromatic carbocycles. The van der Waals surface area contributed by atoms with Gasteiger partial charge in [0.05, 0.1) is 25.4 Å². The van der Waals surface area contributed by atoms with E-state index in [4.69, 9.17) is 9.47 Å². The van der Waals surface area contributed by atoms with Gasteiger partial charge >= 0.3 is 0 Å². The van der Waals surface area contributed by atoms with Crippen LogP contribution < -0.4 is 10.1 Å². The van der Waals surface area contributed by atoms with Gasteiger partial charge in [-0.25, -0.2) is 0 Å². The van der Waals surface area contributed by atoms with Crippen LogP contribution in [0.2, 0.25) is 0 Å². The Labute approximate surface area is 147 Å². The third-order valence-electron chi connectivity index (χ3n) is 5.05. The van der Waals surface area contributed by atoms with Gasteiger partial charge in [0, 0.05) is 31.7 Å². The zero-order chi connectivity index (χ0) is 16.4. The second-order valence-electron chi connectivity index (χ2n) is 6.86. The summed E-state index contributed by atoms with van der Waals surface area (Å²) >= 11 is 1.77. The molecule has 2 fully saturated rings. The number of nitrogens with zero attached hydrogens (tertiary/aromatic N) is 1. The van der Waals surface area contributed by atoms with E-state index in [9.17, 15) is 0 Å². The summed E-state index contributed by atoms with van der Waals surface area (Å²) in [5, 5.41) is 8.01. The van der Waals surface area contributed by atoms with E-state index in [1.54, 1.807) is 18.4 Å². The molecule has 2 aliphatic heterocycles. The molecule has 0 radical (unpaired) electrons. The number of rotatable bonds is 5. The average molecular weight is 344 g/mol. The van der Waals surface area contributed by atoms with Crippen LogP contribution in [0.25, 0.3) is 0 Å². The Morgan fingerprint density at radius 2 is 2.21 bits per heavy atom. The van der Waals surface area contributed by atoms with Crippen molar-refractivity contribution in [2.45, 2.75) is 31.0 Å². The Balaban J connectivity index is 1.32. The molecule has 4 rings (SSSR count). The number of benzene rings is 1. The van der Waals surface area contributed by atoms with Crippen molar-refractivity contribution in [1.82, 2.24) is 4.90 Å². The highest BCUT2D eigenvalue weighted by Crippen LogP contribution is 2.36. The topological polar surface area (TPSA) is 33.7 Å². The lowest BCUT2D eigenvalue weighted by Crippen LogP contribution is -2.33. The maximum absolute atomic E-state index is 6.25. The van der Waals surface area contributed by atoms with Crippen LogP contribution in [0, 0.1) is 0 Å². The molecule has 0 unspecified atom stereocenters. The van der Waals surface area contributed by atoms with Gasteiger partial charge < -0.3 is 14.8 Å². The van der Waals surface area contributed by atoms with Gasteiger partial charge in [0.1, 0.15) is 5.75 Å². The van der Waals surface area contributed by atoms with Crippen LogP contribution in [0.4, 0.5) is 5.69 Å². The number of thiophene rings is 1. The molecule has 1 N–H and O–H groups in total. The van der Waals surface area contributed by atoms with Crippen LogP contribution in [-0.4, -0.2) is 43.3 Å². The van der Waals surface area contributed by atoms with Gasteiger partial charge in [-0.3, -0.25) is 4.90 Å². The van der Waals surface area contributed by atoms with Gasteiger partial charge in [-0.2, -0.15) is 11.3 Å². The molecule has 128 valence electrons. The van der Waals surface area contributed by atoms with Crippen LogP contribution in [0.15, 0.2) is 41.1 Å². The molecule has 3 heterocycles. The van der Waals surface area contributed by atoms with Gasteiger partial charge in [0.2, 0.25) is 0 Å². The molecule has 2 saturated heterocycles. The van der Waals surface area contributed by atoms with E-state index in [2.05, 4.69) is 39.2 Å². The Hall–Kier alpha value is -1.56. The molecule has 1 spiro atoms. The van der Waals surface area contributed by atoms with Crippen molar-refractivity contribution in [2.24, 2.45) is 0 Å². The largest absolute Gasteiger partial charge is 0.497 e. The quantitative estimate of drug-likeness (QED) is 0.898. The van der Waals surface area contributed by atoms with Crippen molar-refractivity contribution in [3.63, 3.8) is 0 Å². The highest BCUT2D eigenvalue weighted by Gasteiger charge is 2.45. The maximum atomic E-state index is 6.25. The molecular weight excluding hydrogens is 320 g/mol. The Morgan fingerprint density at radius 3 is 2.96 bits per heavy atom. The first-order chi connectivity index (χ1) is 11.7. The normalized spacial score (nSPS) is 27.0. The van der Waals surface area contributed by atoms with Crippen molar-refractivity contribution in [1.29, 1.82) is 0 Å². The predicted octanol–water partition coefficient (Wildman–Crippen LogP) is 3.60. The first-order valence-electron chi connectivity index (χ1n) is 8.53. The molecule has 0 bridgehead atoms. The van der Waals surface area contributed by atoms with E-state index in [1.165, 1.54) is 5.56 Å². The molecule has 5 heteroatoms. The van der Waals surface area contributed by atoms with Crippen LogP contribution in [0.3, 0.4) is 0 Å². The second kappa shape index (κ2) is 6.75. The Kier molecular flexibility index (Phi) is 4.48. The van der Waals surface area contributed by atoms with Crippen molar-refractivity contribution in [3.05, 3.63) is 46.7 Å². The summed E-state index contributed by atoms with van der Waals surface area (Å²) in [6.07, 6.45) is 2.22. The van der Waals surface area contributed by atoms with Crippen molar-refractivity contribution in [2.75, 3.05) is 32.1 Å². The summed E-state index contributed by atoms with van der Waals surface area (Å²) in [6.45, 7) is 4.01. The molecule has 2 atom stereocenters. The van der Waals surface area contributed by atoms with Crippen molar-refractivity contribution < 1.29 is 9.47 Å². The second-order valence-corrected chi connectivity index (χ2v) is 7.64. The molecule has 0 amide bonds. The van der Waals surface area contributed by atoms with Gasteiger partial charge in [-0.05, 0) is 53.1 Å². The molecule has 24 heavy (non-hydrogen) atoms. The van der Waals surface area contributed by atoms with E-state index in [0.717, 1.165) is 50.5 Å². The molecule has 0 saturated carbocycles. The van der Waals surface area contributed by atoms with Crippen molar-refractivity contribution in [3.8, 4) is 5.75 Å². The van der Waals surface area contributed by atoms with E-state index in [0.29, 0.717) is 6.04 Å². The van der Waals surface area contributed by atoms with Crippen LogP contribution in [-0.2, 0) is 11.3 Å². The number of nitrogens with one attached hydrogen (secondary N) is 1. The first kappa shape index (κ1) is 15.9. The summed E-state index contributed by atoms with van der Waals surface area (Å²) in [7, 11) is 1.69. The van der Waals surface area contributed by atoms with E-state index < -0.39 is 0 Å². The number of methoxy groups -OCH3 is 1. The minimum Gasteiger partial charge on any atom is -0.497 e. The fourth-order valence-corrected chi connectivity index (χ4v) is 4.51. The number of hydrogen-bond donors (Lipinski definition) is 1. The number of hydrogen-bond acceptors (Lipinski definition) is 5. The third kappa shape index (κ3) is 3.43. The van der Waals surface area contributed by atoms with Crippen LogP contribution in [0.5, 0.6) is 5.75 Å². The highest BCUT2D eigenvalue weighted by atomic mass is 32.1. The van der Waals surface area contributed by atoms with Gasteiger partial charge in [0.25, 0.3) is 0 Å². The standard InChI is InChI=1S/C19H24N2O2S/c1-22-18-4-2-16(3-5-18)20-17-10-19(23-12-17)7-8-21(14-19)11-15-6-9-24-13-15/h2-6,9,13,17,20H,7-8,10-12,14H2,1H3/t17-,19+/m0/s1. The average Bonchev–Trinajstić information content (AvgIpc) is 3.33. The zero-order valence-electron chi connectivity index (χ0n) is 14.0. The fraction of sp³-hybridized carbons (Fsp3) is 0.474. The van der Waals surface area contributed by atoms with Gasteiger partial charge in [-0.15, -0.1) is 0 Å². The Morgan fingerprint density at radius 1 is 1.33 bits per heavy atom. The summed E-state index contributed by atoms with van der Waals surface area (Å²) < 4.78 is 11.5. The third-order valence-corrected chi connectivity index (χ3v) is 5.78. The number of likely N-dealkylation sites (tertiary alicyclic amines) is 1. The smallest absolute Gasteiger partial charge is 0.119 e. The number of ether oxygens (including phenoxy) is 2. The summed E-state index contributed by atoms with van der Waals surface area (Å²) in [4.78, 5) is 2.53. The number of anilines is 1. The first-order valence-corrected chi connectivity index (χ1v) is 9.47. The lowest BCUT2D eigenvalue weighted by Gasteiger charge is -2.23. The molecule has 1 aromatic heterocycles. The summed E-state index contributed by atoms with van der Waals surface area (Å²) in [5.74, 6) is 0.888. The summed E-state index contributed by atoms with van der Waals surface area (Å²) in [5.41, 5.74) is 2.60. The van der Waals surface area contributed by atoms with Crippen molar-refractivity contribution >= 4 is 17.0 Å². The van der Waals surface area contributed by atoms with Crippen LogP contribution >= 0.6 is 11.3 Å². The molecular formula is C19H24N2O2S. The minimum atomic E-state index is 0.0418. The fourth-order valence-electron chi connectivity index (χ4n) is 3.85. The Bertz CT molecular complexity index is 659. The molecule has 2 aliphatic rings. The SMILES string of the molecule is COc1ccc(N[C@@H]2CO[C@]3(CCN(Cc4ccsc4)C3)C2)cc1. The van der Waals surface area contributed by atoms with Crippen LogP contribution in [0.1, 0.15) is 18.4 Å². The van der Waals surface area contributed by atoms with Gasteiger partial charge in [-0.1, -0.05) is 0 Å². The molecule has 4 nitrogen and oxygen atoms in total. The van der Waals surface area contributed by atoms with E-state index >= 15 is 0 Å². The maximum Gasteiger partial charge on any atom is 0.119 e. The zero-order valence-corrected chi connectivity index (χ0v) is 14.8. The monoisotopic (exact) mass is 344 g/mol. The molecule has 0 aliphatic carbocycles. The minimum absolute atomic E-state index is 0.0418. The summed E-state index contributed by atoms with van der Waals surface area (Å²) in [6, 6.07) is 10.7. The van der Waals surface area contributed by atoms with Gasteiger partial charge in [0.15, 0.2) is 0 Å². The van der Waals surface area contributed by atoms with E-state index in [1.807, 2.05) is 12.1 Å². The van der Waals surface area contributed by atoms with E-state index in [-0.39, 0.29) is 5.60 Å². The predicted molar refractivity (Wildman–Crippen MR) is 97.9 cm³/mol. The molecule has 2 aromatic rings. The lowest BCUT2D eigenvalue weighted by molar-refractivity contribution is 0.0120. The lowest BCUT2D eigenvalue weighted by atomic mass is 9.97.